The van der Waals surface area contributed by atoms with Crippen molar-refractivity contribution in [2.75, 3.05) is 0 Å². The molecule has 1 aliphatic carbocycles. The first-order valence-electron chi connectivity index (χ1n) is 6.64. The highest BCUT2D eigenvalue weighted by atomic mass is 14.4. The number of allylic oxidation sites excluding steroid dienone is 5. The molecule has 0 aliphatic heterocycles. The minimum atomic E-state index is 0.536. The lowest BCUT2D eigenvalue weighted by Gasteiger charge is -2.13. The molecule has 0 fully saturated rings. The number of benzene rings is 2. The maximum Gasteiger partial charge on any atom is 0.0540 e. The SMILES string of the molecule is N=C1C=CC(=C(c2ccccc2)c2ccccc2)C=C1. The van der Waals surface area contributed by atoms with Gasteiger partial charge < -0.3 is 5.41 Å². The molecule has 0 atom stereocenters. The number of nitrogens with one attached hydrogen (secondary N) is 1. The fourth-order valence-corrected chi connectivity index (χ4v) is 2.35. The van der Waals surface area contributed by atoms with Gasteiger partial charge >= 0.3 is 0 Å². The van der Waals surface area contributed by atoms with Crippen LogP contribution < -0.4 is 0 Å². The molecule has 0 saturated carbocycles. The van der Waals surface area contributed by atoms with Gasteiger partial charge in [-0.1, -0.05) is 72.8 Å². The van der Waals surface area contributed by atoms with Gasteiger partial charge in [-0.05, 0) is 34.4 Å². The quantitative estimate of drug-likeness (QED) is 0.810. The van der Waals surface area contributed by atoms with Crippen molar-refractivity contribution in [2.24, 2.45) is 0 Å². The molecule has 0 spiro atoms. The van der Waals surface area contributed by atoms with Gasteiger partial charge in [0.05, 0.1) is 5.71 Å². The Balaban J connectivity index is 2.20. The van der Waals surface area contributed by atoms with Gasteiger partial charge in [-0.3, -0.25) is 0 Å². The topological polar surface area (TPSA) is 23.9 Å². The fraction of sp³-hybridized carbons (Fsp3) is 0. The number of hydrogen-bond donors (Lipinski definition) is 1. The van der Waals surface area contributed by atoms with Gasteiger partial charge in [0.25, 0.3) is 0 Å². The molecule has 1 heteroatoms. The van der Waals surface area contributed by atoms with Crippen LogP contribution in [0, 0.1) is 5.41 Å². The van der Waals surface area contributed by atoms with Crippen LogP contribution in [0.1, 0.15) is 11.1 Å². The van der Waals surface area contributed by atoms with Crippen LogP contribution in [0.25, 0.3) is 5.57 Å². The summed E-state index contributed by atoms with van der Waals surface area (Å²) in [6.45, 7) is 0. The Morgan fingerprint density at radius 2 is 1.05 bits per heavy atom. The van der Waals surface area contributed by atoms with Crippen molar-refractivity contribution in [3.63, 3.8) is 0 Å². The molecule has 2 aromatic carbocycles. The van der Waals surface area contributed by atoms with Crippen molar-refractivity contribution in [1.29, 1.82) is 5.41 Å². The highest BCUT2D eigenvalue weighted by Gasteiger charge is 2.09. The number of hydrogen-bond acceptors (Lipinski definition) is 1. The van der Waals surface area contributed by atoms with E-state index >= 15 is 0 Å². The summed E-state index contributed by atoms with van der Waals surface area (Å²) in [4.78, 5) is 0. The van der Waals surface area contributed by atoms with Crippen molar-refractivity contribution >= 4 is 11.3 Å². The Morgan fingerprint density at radius 3 is 1.50 bits per heavy atom. The van der Waals surface area contributed by atoms with Gasteiger partial charge in [0, 0.05) is 0 Å². The molecule has 0 saturated heterocycles. The van der Waals surface area contributed by atoms with Crippen molar-refractivity contribution in [2.45, 2.75) is 0 Å². The maximum absolute atomic E-state index is 7.63. The van der Waals surface area contributed by atoms with Crippen LogP contribution >= 0.6 is 0 Å². The third-order valence-electron chi connectivity index (χ3n) is 3.30. The fourth-order valence-electron chi connectivity index (χ4n) is 2.35. The normalized spacial score (nSPS) is 13.6. The maximum atomic E-state index is 7.63. The molecule has 3 rings (SSSR count). The molecule has 0 amide bonds. The molecule has 1 aliphatic rings. The van der Waals surface area contributed by atoms with Crippen molar-refractivity contribution in [3.05, 3.63) is 102 Å². The largest absolute Gasteiger partial charge is 0.301 e. The Labute approximate surface area is 119 Å². The molecule has 0 aromatic heterocycles. The predicted molar refractivity (Wildman–Crippen MR) is 84.9 cm³/mol. The van der Waals surface area contributed by atoms with E-state index in [1.54, 1.807) is 0 Å². The summed E-state index contributed by atoms with van der Waals surface area (Å²) in [6.07, 6.45) is 7.69. The molecule has 20 heavy (non-hydrogen) atoms. The Hall–Kier alpha value is -2.67. The highest BCUT2D eigenvalue weighted by Crippen LogP contribution is 2.29. The minimum Gasteiger partial charge on any atom is -0.301 e. The van der Waals surface area contributed by atoms with E-state index in [-0.39, 0.29) is 0 Å². The summed E-state index contributed by atoms with van der Waals surface area (Å²) in [5.41, 5.74) is 5.26. The zero-order valence-corrected chi connectivity index (χ0v) is 11.1. The van der Waals surface area contributed by atoms with E-state index in [0.29, 0.717) is 5.71 Å². The van der Waals surface area contributed by atoms with E-state index in [0.717, 1.165) is 5.57 Å². The second-order valence-corrected chi connectivity index (χ2v) is 4.68. The van der Waals surface area contributed by atoms with Crippen LogP contribution in [0.15, 0.2) is 90.5 Å². The zero-order valence-electron chi connectivity index (χ0n) is 11.1. The van der Waals surface area contributed by atoms with Crippen molar-refractivity contribution in [3.8, 4) is 0 Å². The summed E-state index contributed by atoms with van der Waals surface area (Å²) in [5, 5.41) is 7.63. The van der Waals surface area contributed by atoms with E-state index in [1.165, 1.54) is 16.7 Å². The van der Waals surface area contributed by atoms with Gasteiger partial charge in [-0.25, -0.2) is 0 Å². The lowest BCUT2D eigenvalue weighted by atomic mass is 9.91. The first-order chi connectivity index (χ1) is 9.84. The monoisotopic (exact) mass is 257 g/mol. The van der Waals surface area contributed by atoms with E-state index in [1.807, 2.05) is 36.4 Å². The molecular weight excluding hydrogens is 242 g/mol. The molecular formula is C19H15N. The summed E-state index contributed by atoms with van der Waals surface area (Å²) >= 11 is 0. The third-order valence-corrected chi connectivity index (χ3v) is 3.30. The van der Waals surface area contributed by atoms with Crippen molar-refractivity contribution in [1.82, 2.24) is 0 Å². The van der Waals surface area contributed by atoms with Crippen molar-refractivity contribution < 1.29 is 0 Å². The first kappa shape index (κ1) is 12.4. The zero-order chi connectivity index (χ0) is 13.8. The van der Waals surface area contributed by atoms with E-state index < -0.39 is 0 Å². The summed E-state index contributed by atoms with van der Waals surface area (Å²) in [6, 6.07) is 20.8. The van der Waals surface area contributed by atoms with E-state index in [2.05, 4.69) is 48.5 Å². The first-order valence-corrected chi connectivity index (χ1v) is 6.64. The van der Waals surface area contributed by atoms with E-state index in [9.17, 15) is 0 Å². The molecule has 1 nitrogen and oxygen atoms in total. The van der Waals surface area contributed by atoms with Gasteiger partial charge in [0.1, 0.15) is 0 Å². The van der Waals surface area contributed by atoms with Crippen LogP contribution in [0.3, 0.4) is 0 Å². The predicted octanol–water partition coefficient (Wildman–Crippen LogP) is 4.63. The molecule has 0 unspecified atom stereocenters. The van der Waals surface area contributed by atoms with Crippen LogP contribution in [-0.4, -0.2) is 5.71 Å². The Morgan fingerprint density at radius 1 is 0.600 bits per heavy atom. The number of rotatable bonds is 2. The highest BCUT2D eigenvalue weighted by molar-refractivity contribution is 6.05. The summed E-state index contributed by atoms with van der Waals surface area (Å²) < 4.78 is 0. The van der Waals surface area contributed by atoms with Gasteiger partial charge in [0.2, 0.25) is 0 Å². The van der Waals surface area contributed by atoms with Crippen LogP contribution in [0.4, 0.5) is 0 Å². The van der Waals surface area contributed by atoms with Gasteiger partial charge in [0.15, 0.2) is 0 Å². The molecule has 96 valence electrons. The second-order valence-electron chi connectivity index (χ2n) is 4.68. The summed E-state index contributed by atoms with van der Waals surface area (Å²) in [7, 11) is 0. The van der Waals surface area contributed by atoms with Crippen LogP contribution in [0.2, 0.25) is 0 Å². The molecule has 0 radical (unpaired) electrons. The van der Waals surface area contributed by atoms with Gasteiger partial charge in [-0.15, -0.1) is 0 Å². The standard InChI is InChI=1S/C19H15N/c20-18-13-11-17(12-14-18)19(15-7-3-1-4-8-15)16-9-5-2-6-10-16/h1-14,20H. The van der Waals surface area contributed by atoms with Crippen LogP contribution in [-0.2, 0) is 0 Å². The molecule has 0 heterocycles. The lowest BCUT2D eigenvalue weighted by Crippen LogP contribution is -1.96. The Bertz CT molecular complexity index is 644. The van der Waals surface area contributed by atoms with Crippen LogP contribution in [0.5, 0.6) is 0 Å². The van der Waals surface area contributed by atoms with Gasteiger partial charge in [-0.2, -0.15) is 0 Å². The minimum absolute atomic E-state index is 0.536. The average molecular weight is 257 g/mol. The third kappa shape index (κ3) is 2.52. The van der Waals surface area contributed by atoms with E-state index in [4.69, 9.17) is 5.41 Å². The molecule has 2 aromatic rings. The smallest absolute Gasteiger partial charge is 0.0540 e. The molecule has 0 bridgehead atoms. The second kappa shape index (κ2) is 5.54. The molecule has 1 N–H and O–H groups in total. The summed E-state index contributed by atoms with van der Waals surface area (Å²) in [5.74, 6) is 0. The average Bonchev–Trinajstić information content (AvgIpc) is 2.52. The Kier molecular flexibility index (Phi) is 3.42. The lowest BCUT2D eigenvalue weighted by molar-refractivity contribution is 1.49.